The van der Waals surface area contributed by atoms with Crippen LogP contribution in [-0.2, 0) is 22.7 Å². The van der Waals surface area contributed by atoms with E-state index in [9.17, 15) is 0 Å². The quantitative estimate of drug-likeness (QED) is 0.806. The van der Waals surface area contributed by atoms with Crippen LogP contribution in [-0.4, -0.2) is 18.9 Å². The maximum atomic E-state index is 5.88. The molecule has 1 aromatic carbocycles. The van der Waals surface area contributed by atoms with Crippen LogP contribution in [0.2, 0.25) is 0 Å². The Kier molecular flexibility index (Phi) is 3.14. The molecule has 3 rings (SSSR count). The van der Waals surface area contributed by atoms with Gasteiger partial charge in [0.2, 0.25) is 0 Å². The Morgan fingerprint density at radius 1 is 1.18 bits per heavy atom. The molecule has 2 heterocycles. The van der Waals surface area contributed by atoms with Crippen LogP contribution in [0.4, 0.5) is 0 Å². The highest BCUT2D eigenvalue weighted by Crippen LogP contribution is 2.23. The molecule has 3 nitrogen and oxygen atoms in total. The first-order valence-electron chi connectivity index (χ1n) is 6.38. The molecular weight excluding hydrogens is 214 g/mol. The van der Waals surface area contributed by atoms with Gasteiger partial charge in [0.05, 0.1) is 19.3 Å². The number of nitrogens with one attached hydrogen (secondary N) is 1. The molecule has 0 spiro atoms. The highest BCUT2D eigenvalue weighted by atomic mass is 16.7. The van der Waals surface area contributed by atoms with Crippen molar-refractivity contribution in [3.63, 3.8) is 0 Å². The van der Waals surface area contributed by atoms with Gasteiger partial charge < -0.3 is 14.8 Å². The van der Waals surface area contributed by atoms with Crippen LogP contribution in [0, 0.1) is 6.92 Å². The minimum Gasteiger partial charge on any atom is -0.346 e. The number of ether oxygens (including phenoxy) is 2. The molecule has 1 saturated heterocycles. The molecule has 1 aromatic rings. The van der Waals surface area contributed by atoms with E-state index in [-0.39, 0.29) is 6.29 Å². The highest BCUT2D eigenvalue weighted by molar-refractivity contribution is 5.31. The van der Waals surface area contributed by atoms with Gasteiger partial charge in [-0.2, -0.15) is 0 Å². The second-order valence-corrected chi connectivity index (χ2v) is 4.97. The molecule has 0 aliphatic carbocycles. The minimum atomic E-state index is -0.0924. The van der Waals surface area contributed by atoms with Crippen molar-refractivity contribution >= 4 is 0 Å². The van der Waals surface area contributed by atoms with Gasteiger partial charge in [0.25, 0.3) is 0 Å². The normalized spacial score (nSPS) is 28.8. The summed E-state index contributed by atoms with van der Waals surface area (Å²) in [5.41, 5.74) is 3.81. The van der Waals surface area contributed by atoms with Crippen molar-refractivity contribution in [3.05, 3.63) is 34.9 Å². The van der Waals surface area contributed by atoms with Crippen LogP contribution in [0.1, 0.15) is 29.5 Å². The number of aryl methyl sites for hydroxylation is 1. The monoisotopic (exact) mass is 233 g/mol. The van der Waals surface area contributed by atoms with Gasteiger partial charge in [-0.1, -0.05) is 23.8 Å². The molecule has 92 valence electrons. The fraction of sp³-hybridized carbons (Fsp3) is 0.571. The number of hydrogen-bond acceptors (Lipinski definition) is 3. The van der Waals surface area contributed by atoms with Crippen LogP contribution in [0.5, 0.6) is 0 Å². The summed E-state index contributed by atoms with van der Waals surface area (Å²) in [6.45, 7) is 4.53. The smallest absolute Gasteiger partial charge is 0.173 e. The SMILES string of the molecule is Cc1ccc2c(c1)COC(C1CCCN1)OC2. The Balaban J connectivity index is 1.74. The molecule has 0 aromatic heterocycles. The topological polar surface area (TPSA) is 30.5 Å². The molecule has 0 amide bonds. The molecular formula is C14H19NO2. The zero-order valence-corrected chi connectivity index (χ0v) is 10.2. The Morgan fingerprint density at radius 2 is 2.00 bits per heavy atom. The molecule has 1 fully saturated rings. The lowest BCUT2D eigenvalue weighted by Gasteiger charge is -2.21. The first-order valence-corrected chi connectivity index (χ1v) is 6.38. The van der Waals surface area contributed by atoms with Gasteiger partial charge in [0.15, 0.2) is 6.29 Å². The predicted molar refractivity (Wildman–Crippen MR) is 65.6 cm³/mol. The lowest BCUT2D eigenvalue weighted by molar-refractivity contribution is -0.163. The van der Waals surface area contributed by atoms with Gasteiger partial charge in [0, 0.05) is 0 Å². The Bertz CT molecular complexity index is 399. The number of fused-ring (bicyclic) bond motifs is 1. The number of rotatable bonds is 1. The lowest BCUT2D eigenvalue weighted by atomic mass is 10.1. The summed E-state index contributed by atoms with van der Waals surface area (Å²) in [7, 11) is 0. The van der Waals surface area contributed by atoms with E-state index in [0.29, 0.717) is 19.3 Å². The fourth-order valence-corrected chi connectivity index (χ4v) is 2.60. The minimum absolute atomic E-state index is 0.0924. The Hall–Kier alpha value is -0.900. The van der Waals surface area contributed by atoms with E-state index in [1.165, 1.54) is 23.1 Å². The molecule has 2 atom stereocenters. The third-order valence-electron chi connectivity index (χ3n) is 3.59. The Labute approximate surface area is 102 Å². The van der Waals surface area contributed by atoms with E-state index in [2.05, 4.69) is 30.4 Å². The molecule has 0 radical (unpaired) electrons. The molecule has 2 aliphatic rings. The summed E-state index contributed by atoms with van der Waals surface area (Å²) < 4.78 is 11.8. The summed E-state index contributed by atoms with van der Waals surface area (Å²) in [5, 5.41) is 3.44. The van der Waals surface area contributed by atoms with E-state index in [4.69, 9.17) is 9.47 Å². The Morgan fingerprint density at radius 3 is 2.76 bits per heavy atom. The van der Waals surface area contributed by atoms with Crippen molar-refractivity contribution in [2.24, 2.45) is 0 Å². The zero-order chi connectivity index (χ0) is 11.7. The second kappa shape index (κ2) is 4.77. The fourth-order valence-electron chi connectivity index (χ4n) is 2.60. The first kappa shape index (κ1) is 11.2. The van der Waals surface area contributed by atoms with Gasteiger partial charge in [-0.05, 0) is 37.4 Å². The van der Waals surface area contributed by atoms with Crippen LogP contribution in [0.25, 0.3) is 0 Å². The second-order valence-electron chi connectivity index (χ2n) is 4.97. The molecule has 2 unspecified atom stereocenters. The molecule has 0 saturated carbocycles. The summed E-state index contributed by atoms with van der Waals surface area (Å²) >= 11 is 0. The van der Waals surface area contributed by atoms with Crippen molar-refractivity contribution in [2.75, 3.05) is 6.54 Å². The average molecular weight is 233 g/mol. The van der Waals surface area contributed by atoms with Crippen LogP contribution >= 0.6 is 0 Å². The van der Waals surface area contributed by atoms with Crippen molar-refractivity contribution in [1.82, 2.24) is 5.32 Å². The molecule has 2 aliphatic heterocycles. The van der Waals surface area contributed by atoms with Crippen molar-refractivity contribution in [2.45, 2.75) is 45.3 Å². The van der Waals surface area contributed by atoms with E-state index in [1.54, 1.807) is 0 Å². The van der Waals surface area contributed by atoms with Crippen LogP contribution < -0.4 is 5.32 Å². The summed E-state index contributed by atoms with van der Waals surface area (Å²) in [6, 6.07) is 6.85. The lowest BCUT2D eigenvalue weighted by Crippen LogP contribution is -2.37. The predicted octanol–water partition coefficient (Wildman–Crippen LogP) is 2.12. The maximum Gasteiger partial charge on any atom is 0.173 e. The number of benzene rings is 1. The summed E-state index contributed by atoms with van der Waals surface area (Å²) in [5.74, 6) is 0. The van der Waals surface area contributed by atoms with Crippen molar-refractivity contribution in [3.8, 4) is 0 Å². The van der Waals surface area contributed by atoms with Gasteiger partial charge in [-0.15, -0.1) is 0 Å². The molecule has 17 heavy (non-hydrogen) atoms. The van der Waals surface area contributed by atoms with Gasteiger partial charge >= 0.3 is 0 Å². The van der Waals surface area contributed by atoms with E-state index < -0.39 is 0 Å². The third-order valence-corrected chi connectivity index (χ3v) is 3.59. The zero-order valence-electron chi connectivity index (χ0n) is 10.2. The van der Waals surface area contributed by atoms with E-state index in [0.717, 1.165) is 13.0 Å². The highest BCUT2D eigenvalue weighted by Gasteiger charge is 2.28. The maximum absolute atomic E-state index is 5.88. The van der Waals surface area contributed by atoms with Crippen LogP contribution in [0.15, 0.2) is 18.2 Å². The van der Waals surface area contributed by atoms with Gasteiger partial charge in [0.1, 0.15) is 0 Å². The van der Waals surface area contributed by atoms with Crippen LogP contribution in [0.3, 0.4) is 0 Å². The molecule has 0 bridgehead atoms. The average Bonchev–Trinajstić information content (AvgIpc) is 2.77. The molecule has 1 N–H and O–H groups in total. The standard InChI is InChI=1S/C14H19NO2/c1-10-4-5-11-8-16-14(13-3-2-6-15-13)17-9-12(11)7-10/h4-5,7,13-15H,2-3,6,8-9H2,1H3. The number of hydrogen-bond donors (Lipinski definition) is 1. The first-order chi connectivity index (χ1) is 8.33. The van der Waals surface area contributed by atoms with E-state index >= 15 is 0 Å². The van der Waals surface area contributed by atoms with Gasteiger partial charge in [-0.25, -0.2) is 0 Å². The van der Waals surface area contributed by atoms with Crippen molar-refractivity contribution < 1.29 is 9.47 Å². The largest absolute Gasteiger partial charge is 0.346 e. The van der Waals surface area contributed by atoms with Crippen molar-refractivity contribution in [1.29, 1.82) is 0 Å². The summed E-state index contributed by atoms with van der Waals surface area (Å²) in [4.78, 5) is 0. The van der Waals surface area contributed by atoms with E-state index in [1.807, 2.05) is 0 Å². The van der Waals surface area contributed by atoms with Gasteiger partial charge in [-0.3, -0.25) is 0 Å². The molecule has 3 heteroatoms. The third kappa shape index (κ3) is 2.37. The summed E-state index contributed by atoms with van der Waals surface area (Å²) in [6.07, 6.45) is 2.28.